The minimum Gasteiger partial charge on any atom is -0.460 e. The highest BCUT2D eigenvalue weighted by Crippen LogP contribution is 2.07. The van der Waals surface area contributed by atoms with Crippen LogP contribution in [0.3, 0.4) is 0 Å². The number of ether oxygens (including phenoxy) is 8. The lowest BCUT2D eigenvalue weighted by Crippen LogP contribution is -2.15. The van der Waals surface area contributed by atoms with E-state index in [-0.39, 0.29) is 26.4 Å². The zero-order valence-corrected chi connectivity index (χ0v) is 18.9. The van der Waals surface area contributed by atoms with Crippen LogP contribution < -0.4 is 0 Å². The first-order valence-electron chi connectivity index (χ1n) is 10.4. The average Bonchev–Trinajstić information content (AvgIpc) is 2.81. The van der Waals surface area contributed by atoms with Gasteiger partial charge in [0, 0.05) is 14.2 Å². The summed E-state index contributed by atoms with van der Waals surface area (Å²) in [4.78, 5) is 24.0. The predicted molar refractivity (Wildman–Crippen MR) is 114 cm³/mol. The Hall–Kier alpha value is -2.08. The highest BCUT2D eigenvalue weighted by molar-refractivity contribution is 5.93. The van der Waals surface area contributed by atoms with Crippen LogP contribution in [0.4, 0.5) is 0 Å². The Bertz CT molecular complexity index is 552. The largest absolute Gasteiger partial charge is 0.460 e. The SMILES string of the molecule is COCCOCCOCCOC(=O)c1ccc(C(=O)OCCOCCOCCOC)cc1. The standard InChI is InChI=1S/C22H34O10/c1-25-7-9-27-11-13-29-15-17-31-21(23)19-3-5-20(6-4-19)22(24)32-18-16-30-14-12-28-10-8-26-2/h3-6H,7-18H2,1-2H3. The Balaban J connectivity index is 2.11. The highest BCUT2D eigenvalue weighted by atomic mass is 16.6. The first kappa shape index (κ1) is 28.0. The van der Waals surface area contributed by atoms with E-state index in [4.69, 9.17) is 37.9 Å². The zero-order valence-electron chi connectivity index (χ0n) is 18.9. The maximum Gasteiger partial charge on any atom is 0.338 e. The molecule has 182 valence electrons. The van der Waals surface area contributed by atoms with Crippen LogP contribution in [-0.4, -0.2) is 105 Å². The smallest absolute Gasteiger partial charge is 0.338 e. The van der Waals surface area contributed by atoms with Crippen molar-refractivity contribution in [1.82, 2.24) is 0 Å². The van der Waals surface area contributed by atoms with Crippen LogP contribution in [0.25, 0.3) is 0 Å². The summed E-state index contributed by atoms with van der Waals surface area (Å²) in [5, 5.41) is 0. The number of carbonyl (C=O) groups is 2. The first-order chi connectivity index (χ1) is 15.7. The molecule has 0 aromatic heterocycles. The molecule has 1 aromatic rings. The summed E-state index contributed by atoms with van der Waals surface area (Å²) in [6, 6.07) is 6.04. The Morgan fingerprint density at radius 3 is 1.09 bits per heavy atom. The molecule has 0 bridgehead atoms. The molecule has 0 fully saturated rings. The molecule has 1 aromatic carbocycles. The molecule has 0 spiro atoms. The molecular formula is C22H34O10. The Kier molecular flexibility index (Phi) is 17.1. The van der Waals surface area contributed by atoms with E-state index in [1.54, 1.807) is 14.2 Å². The second-order valence-electron chi connectivity index (χ2n) is 6.28. The lowest BCUT2D eigenvalue weighted by molar-refractivity contribution is 0.00535. The summed E-state index contributed by atoms with van der Waals surface area (Å²) >= 11 is 0. The summed E-state index contributed by atoms with van der Waals surface area (Å²) in [5.74, 6) is -0.989. The van der Waals surface area contributed by atoms with E-state index in [9.17, 15) is 9.59 Å². The molecule has 0 N–H and O–H groups in total. The van der Waals surface area contributed by atoms with E-state index in [2.05, 4.69) is 0 Å². The molecule has 1 rings (SSSR count). The van der Waals surface area contributed by atoms with Crippen molar-refractivity contribution >= 4 is 11.9 Å². The van der Waals surface area contributed by atoms with Crippen molar-refractivity contribution in [1.29, 1.82) is 0 Å². The summed E-state index contributed by atoms with van der Waals surface area (Å²) in [5.41, 5.74) is 0.669. The van der Waals surface area contributed by atoms with Gasteiger partial charge in [-0.15, -0.1) is 0 Å². The van der Waals surface area contributed by atoms with Gasteiger partial charge in [-0.05, 0) is 24.3 Å². The fraction of sp³-hybridized carbons (Fsp3) is 0.636. The molecule has 0 heterocycles. The normalized spacial score (nSPS) is 10.8. The summed E-state index contributed by atoms with van der Waals surface area (Å²) in [7, 11) is 3.21. The maximum absolute atomic E-state index is 12.0. The molecule has 10 heteroatoms. The lowest BCUT2D eigenvalue weighted by Gasteiger charge is -2.08. The van der Waals surface area contributed by atoms with Gasteiger partial charge < -0.3 is 37.9 Å². The Labute approximate surface area is 189 Å². The van der Waals surface area contributed by atoms with Gasteiger partial charge in [0.05, 0.1) is 77.2 Å². The van der Waals surface area contributed by atoms with Gasteiger partial charge in [0.25, 0.3) is 0 Å². The van der Waals surface area contributed by atoms with Crippen molar-refractivity contribution in [2.75, 3.05) is 93.5 Å². The van der Waals surface area contributed by atoms with Crippen molar-refractivity contribution in [2.45, 2.75) is 0 Å². The first-order valence-corrected chi connectivity index (χ1v) is 10.4. The maximum atomic E-state index is 12.0. The van der Waals surface area contributed by atoms with E-state index < -0.39 is 11.9 Å². The van der Waals surface area contributed by atoms with Gasteiger partial charge in [0.2, 0.25) is 0 Å². The summed E-state index contributed by atoms with van der Waals surface area (Å²) in [6.07, 6.45) is 0. The third-order valence-corrected chi connectivity index (χ3v) is 3.89. The minimum atomic E-state index is -0.494. The number of hydrogen-bond donors (Lipinski definition) is 0. The third kappa shape index (κ3) is 14.1. The topological polar surface area (TPSA) is 108 Å². The number of benzene rings is 1. The van der Waals surface area contributed by atoms with Crippen molar-refractivity contribution in [3.05, 3.63) is 35.4 Å². The van der Waals surface area contributed by atoms with E-state index in [0.717, 1.165) is 0 Å². The fourth-order valence-electron chi connectivity index (χ4n) is 2.22. The van der Waals surface area contributed by atoms with Crippen molar-refractivity contribution in [3.8, 4) is 0 Å². The van der Waals surface area contributed by atoms with Gasteiger partial charge in [0.15, 0.2) is 0 Å². The molecule has 0 amide bonds. The second-order valence-corrected chi connectivity index (χ2v) is 6.28. The van der Waals surface area contributed by atoms with Crippen molar-refractivity contribution in [2.24, 2.45) is 0 Å². The Morgan fingerprint density at radius 1 is 0.500 bits per heavy atom. The zero-order chi connectivity index (χ0) is 23.3. The summed E-state index contributed by atoms with van der Waals surface area (Å²) < 4.78 is 41.1. The third-order valence-electron chi connectivity index (χ3n) is 3.89. The van der Waals surface area contributed by atoms with E-state index >= 15 is 0 Å². The van der Waals surface area contributed by atoms with Crippen molar-refractivity contribution in [3.63, 3.8) is 0 Å². The molecule has 0 radical (unpaired) electrons. The molecule has 0 aliphatic carbocycles. The van der Waals surface area contributed by atoms with Crippen LogP contribution in [0.5, 0.6) is 0 Å². The second kappa shape index (κ2) is 19.6. The van der Waals surface area contributed by atoms with Gasteiger partial charge in [-0.25, -0.2) is 9.59 Å². The quantitative estimate of drug-likeness (QED) is 0.210. The summed E-state index contributed by atoms with van der Waals surface area (Å²) in [6.45, 7) is 4.59. The molecule has 32 heavy (non-hydrogen) atoms. The average molecular weight is 459 g/mol. The van der Waals surface area contributed by atoms with E-state index in [1.807, 2.05) is 0 Å². The number of carbonyl (C=O) groups excluding carboxylic acids is 2. The molecule has 0 saturated heterocycles. The molecule has 0 aliphatic heterocycles. The predicted octanol–water partition coefficient (Wildman–Crippen LogP) is 1.36. The van der Waals surface area contributed by atoms with Gasteiger partial charge in [0.1, 0.15) is 13.2 Å². The number of hydrogen-bond acceptors (Lipinski definition) is 10. The number of esters is 2. The van der Waals surface area contributed by atoms with Gasteiger partial charge in [-0.1, -0.05) is 0 Å². The number of methoxy groups -OCH3 is 2. The van der Waals surface area contributed by atoms with E-state index in [1.165, 1.54) is 24.3 Å². The molecular weight excluding hydrogens is 424 g/mol. The number of rotatable bonds is 20. The van der Waals surface area contributed by atoms with Gasteiger partial charge >= 0.3 is 11.9 Å². The fourth-order valence-corrected chi connectivity index (χ4v) is 2.22. The van der Waals surface area contributed by atoms with Crippen LogP contribution in [0.15, 0.2) is 24.3 Å². The van der Waals surface area contributed by atoms with Crippen LogP contribution in [-0.2, 0) is 37.9 Å². The minimum absolute atomic E-state index is 0.123. The highest BCUT2D eigenvalue weighted by Gasteiger charge is 2.11. The monoisotopic (exact) mass is 458 g/mol. The van der Waals surface area contributed by atoms with Crippen LogP contribution in [0.2, 0.25) is 0 Å². The van der Waals surface area contributed by atoms with Crippen LogP contribution in [0.1, 0.15) is 20.7 Å². The van der Waals surface area contributed by atoms with Gasteiger partial charge in [-0.3, -0.25) is 0 Å². The lowest BCUT2D eigenvalue weighted by atomic mass is 10.1. The van der Waals surface area contributed by atoms with Crippen LogP contribution >= 0.6 is 0 Å². The molecule has 10 nitrogen and oxygen atoms in total. The molecule has 0 atom stereocenters. The van der Waals surface area contributed by atoms with Crippen molar-refractivity contribution < 1.29 is 47.5 Å². The van der Waals surface area contributed by atoms with Crippen LogP contribution in [0, 0.1) is 0 Å². The Morgan fingerprint density at radius 2 is 0.781 bits per heavy atom. The molecule has 0 aliphatic rings. The molecule has 0 unspecified atom stereocenters. The van der Waals surface area contributed by atoms with Gasteiger partial charge in [-0.2, -0.15) is 0 Å². The molecule has 0 saturated carbocycles. The van der Waals surface area contributed by atoms with E-state index in [0.29, 0.717) is 64.0 Å².